The van der Waals surface area contributed by atoms with Crippen LogP contribution >= 0.6 is 0 Å². The first-order valence-electron chi connectivity index (χ1n) is 8.36. The molecule has 1 fully saturated rings. The molecule has 0 unspecified atom stereocenters. The number of hydrogen-bond acceptors (Lipinski definition) is 5. The first kappa shape index (κ1) is 19.1. The molecule has 6 heteroatoms. The number of ether oxygens (including phenoxy) is 3. The van der Waals surface area contributed by atoms with Gasteiger partial charge in [-0.25, -0.2) is 4.79 Å². The lowest BCUT2D eigenvalue weighted by atomic mass is 10.1. The molecular weight excluding hydrogens is 322 g/mol. The van der Waals surface area contributed by atoms with Gasteiger partial charge in [-0.3, -0.25) is 4.90 Å². The lowest BCUT2D eigenvalue weighted by Gasteiger charge is -2.29. The summed E-state index contributed by atoms with van der Waals surface area (Å²) in [6.45, 7) is 9.51. The van der Waals surface area contributed by atoms with Crippen molar-refractivity contribution in [2.45, 2.75) is 44.9 Å². The topological polar surface area (TPSA) is 68.2 Å². The van der Waals surface area contributed by atoms with E-state index < -0.39 is 17.7 Å². The lowest BCUT2D eigenvalue weighted by molar-refractivity contribution is 0.00911. The molecular formula is C19H27NO5. The van der Waals surface area contributed by atoms with Crippen LogP contribution in [0, 0.1) is 0 Å². The molecule has 2 rings (SSSR count). The minimum atomic E-state index is -0.578. The summed E-state index contributed by atoms with van der Waals surface area (Å²) >= 11 is 0. The summed E-state index contributed by atoms with van der Waals surface area (Å²) in [4.78, 5) is 13.9. The highest BCUT2D eigenvalue weighted by atomic mass is 16.6. The van der Waals surface area contributed by atoms with Gasteiger partial charge in [0.05, 0.1) is 19.8 Å². The summed E-state index contributed by atoms with van der Waals surface area (Å²) in [6, 6.07) is 5.00. The minimum Gasteiger partial charge on any atom is -0.496 e. The van der Waals surface area contributed by atoms with Gasteiger partial charge in [-0.2, -0.15) is 0 Å². The fourth-order valence-corrected chi connectivity index (χ4v) is 2.85. The molecule has 138 valence electrons. The number of carbonyl (C=O) groups excluding carboxylic acids is 1. The SMILES string of the molecule is C=Cc1cc(O[C@H]2CCN(C(=O)OC(C)(C)C)[C@@H]2CO)ccc1OC. The fraction of sp³-hybridized carbons (Fsp3) is 0.526. The molecule has 1 amide bonds. The van der Waals surface area contributed by atoms with Crippen LogP contribution in [0.15, 0.2) is 24.8 Å². The van der Waals surface area contributed by atoms with Crippen molar-refractivity contribution in [3.8, 4) is 11.5 Å². The molecule has 0 bridgehead atoms. The normalized spacial score (nSPS) is 20.3. The average Bonchev–Trinajstić information content (AvgIpc) is 2.95. The number of aliphatic hydroxyl groups is 1. The fourth-order valence-electron chi connectivity index (χ4n) is 2.85. The van der Waals surface area contributed by atoms with Crippen LogP contribution < -0.4 is 9.47 Å². The predicted molar refractivity (Wildman–Crippen MR) is 95.9 cm³/mol. The number of nitrogens with zero attached hydrogens (tertiary/aromatic N) is 1. The van der Waals surface area contributed by atoms with Crippen LogP contribution in [0.5, 0.6) is 11.5 Å². The van der Waals surface area contributed by atoms with Gasteiger partial charge >= 0.3 is 6.09 Å². The van der Waals surface area contributed by atoms with Crippen molar-refractivity contribution in [3.63, 3.8) is 0 Å². The van der Waals surface area contributed by atoms with Crippen molar-refractivity contribution in [1.82, 2.24) is 4.90 Å². The summed E-state index contributed by atoms with van der Waals surface area (Å²) in [7, 11) is 1.60. The number of benzene rings is 1. The summed E-state index contributed by atoms with van der Waals surface area (Å²) in [5, 5.41) is 9.75. The maximum absolute atomic E-state index is 12.3. The van der Waals surface area contributed by atoms with E-state index in [-0.39, 0.29) is 12.7 Å². The zero-order valence-corrected chi connectivity index (χ0v) is 15.3. The van der Waals surface area contributed by atoms with E-state index in [9.17, 15) is 9.90 Å². The molecule has 1 saturated heterocycles. The highest BCUT2D eigenvalue weighted by Gasteiger charge is 2.40. The van der Waals surface area contributed by atoms with Crippen molar-refractivity contribution in [3.05, 3.63) is 30.3 Å². The van der Waals surface area contributed by atoms with E-state index in [4.69, 9.17) is 14.2 Å². The first-order valence-corrected chi connectivity index (χ1v) is 8.36. The molecule has 25 heavy (non-hydrogen) atoms. The van der Waals surface area contributed by atoms with E-state index >= 15 is 0 Å². The monoisotopic (exact) mass is 349 g/mol. The second-order valence-corrected chi connectivity index (χ2v) is 6.98. The van der Waals surface area contributed by atoms with Crippen LogP contribution in [0.3, 0.4) is 0 Å². The molecule has 1 heterocycles. The third kappa shape index (κ3) is 4.66. The molecule has 6 nitrogen and oxygen atoms in total. The number of rotatable bonds is 5. The summed E-state index contributed by atoms with van der Waals surface area (Å²) < 4.78 is 16.7. The minimum absolute atomic E-state index is 0.186. The number of amides is 1. The first-order chi connectivity index (χ1) is 11.8. The number of methoxy groups -OCH3 is 1. The van der Waals surface area contributed by atoms with E-state index in [0.29, 0.717) is 24.5 Å². The predicted octanol–water partition coefficient (Wildman–Crippen LogP) is 3.09. The lowest BCUT2D eigenvalue weighted by Crippen LogP contribution is -2.45. The molecule has 0 aliphatic carbocycles. The molecule has 2 atom stereocenters. The maximum Gasteiger partial charge on any atom is 0.410 e. The molecule has 1 aliphatic heterocycles. The summed E-state index contributed by atoms with van der Waals surface area (Å²) in [5.74, 6) is 1.35. The summed E-state index contributed by atoms with van der Waals surface area (Å²) in [6.07, 6.45) is 1.58. The second kappa shape index (κ2) is 7.78. The Morgan fingerprint density at radius 3 is 2.72 bits per heavy atom. The van der Waals surface area contributed by atoms with Gasteiger partial charge in [0.2, 0.25) is 0 Å². The van der Waals surface area contributed by atoms with E-state index in [0.717, 1.165) is 5.56 Å². The Hall–Kier alpha value is -2.21. The van der Waals surface area contributed by atoms with Crippen LogP contribution in [0.1, 0.15) is 32.8 Å². The van der Waals surface area contributed by atoms with E-state index in [1.807, 2.05) is 26.8 Å². The zero-order valence-electron chi connectivity index (χ0n) is 15.3. The smallest absolute Gasteiger partial charge is 0.410 e. The van der Waals surface area contributed by atoms with Crippen molar-refractivity contribution in [2.75, 3.05) is 20.3 Å². The highest BCUT2D eigenvalue weighted by Crippen LogP contribution is 2.29. The van der Waals surface area contributed by atoms with Crippen LogP contribution in [0.2, 0.25) is 0 Å². The zero-order chi connectivity index (χ0) is 18.6. The third-order valence-electron chi connectivity index (χ3n) is 4.01. The average molecular weight is 349 g/mol. The van der Waals surface area contributed by atoms with Crippen molar-refractivity contribution >= 4 is 12.2 Å². The van der Waals surface area contributed by atoms with Crippen LogP contribution in [0.4, 0.5) is 4.79 Å². The molecule has 1 aliphatic rings. The van der Waals surface area contributed by atoms with E-state index in [2.05, 4.69) is 6.58 Å². The van der Waals surface area contributed by atoms with Crippen molar-refractivity contribution < 1.29 is 24.1 Å². The van der Waals surface area contributed by atoms with Gasteiger partial charge in [0.25, 0.3) is 0 Å². The Kier molecular flexibility index (Phi) is 5.95. The number of carbonyl (C=O) groups is 1. The molecule has 0 saturated carbocycles. The molecule has 1 N–H and O–H groups in total. The number of hydrogen-bond donors (Lipinski definition) is 1. The molecule has 1 aromatic rings. The largest absolute Gasteiger partial charge is 0.496 e. The highest BCUT2D eigenvalue weighted by molar-refractivity contribution is 5.69. The standard InChI is InChI=1S/C19H27NO5/c1-6-13-11-14(7-8-16(13)23-5)24-17-9-10-20(15(17)12-21)18(22)25-19(2,3)4/h6-8,11,15,17,21H,1,9-10,12H2,2-5H3/t15-,17+/m1/s1. The maximum atomic E-state index is 12.3. The number of likely N-dealkylation sites (tertiary alicyclic amines) is 1. The Morgan fingerprint density at radius 2 is 2.16 bits per heavy atom. The van der Waals surface area contributed by atoms with Crippen LogP contribution in [0.25, 0.3) is 6.08 Å². The van der Waals surface area contributed by atoms with Crippen LogP contribution in [-0.4, -0.2) is 54.1 Å². The Labute approximate surface area is 149 Å². The van der Waals surface area contributed by atoms with Crippen molar-refractivity contribution in [2.24, 2.45) is 0 Å². The van der Waals surface area contributed by atoms with Gasteiger partial charge in [-0.15, -0.1) is 0 Å². The molecule has 0 aromatic heterocycles. The van der Waals surface area contributed by atoms with Gasteiger partial charge in [-0.1, -0.05) is 12.7 Å². The van der Waals surface area contributed by atoms with Crippen LogP contribution in [-0.2, 0) is 4.74 Å². The Bertz CT molecular complexity index is 623. The van der Waals surface area contributed by atoms with Gasteiger partial charge < -0.3 is 19.3 Å². The molecule has 0 radical (unpaired) electrons. The van der Waals surface area contributed by atoms with Gasteiger partial charge in [0, 0.05) is 18.5 Å². The van der Waals surface area contributed by atoms with Gasteiger partial charge in [-0.05, 0) is 39.0 Å². The quantitative estimate of drug-likeness (QED) is 0.885. The summed E-state index contributed by atoms with van der Waals surface area (Å²) in [5.41, 5.74) is 0.243. The van der Waals surface area contributed by atoms with E-state index in [1.165, 1.54) is 4.90 Å². The number of aliphatic hydroxyl groups excluding tert-OH is 1. The van der Waals surface area contributed by atoms with Crippen molar-refractivity contribution in [1.29, 1.82) is 0 Å². The Morgan fingerprint density at radius 1 is 1.44 bits per heavy atom. The van der Waals surface area contributed by atoms with E-state index in [1.54, 1.807) is 25.3 Å². The second-order valence-electron chi connectivity index (χ2n) is 6.98. The Balaban J connectivity index is 2.10. The molecule has 1 aromatic carbocycles. The third-order valence-corrected chi connectivity index (χ3v) is 4.01. The van der Waals surface area contributed by atoms with Gasteiger partial charge in [0.1, 0.15) is 23.2 Å². The van der Waals surface area contributed by atoms with Gasteiger partial charge in [0.15, 0.2) is 0 Å². The molecule has 0 spiro atoms.